The normalized spacial score (nSPS) is 34.9. The predicted molar refractivity (Wildman–Crippen MR) is 50.2 cm³/mol. The molecule has 2 nitrogen and oxygen atoms in total. The fraction of sp³-hybridized carbons (Fsp3) is 0.364. The first-order valence-corrected chi connectivity index (χ1v) is 4.63. The summed E-state index contributed by atoms with van der Waals surface area (Å²) in [5.41, 5.74) is 0. The van der Waals surface area contributed by atoms with Gasteiger partial charge >= 0.3 is 5.97 Å². The molecule has 0 spiro atoms. The molecule has 2 rings (SSSR count). The Balaban J connectivity index is 2.02. The number of hydrogen-bond donors (Lipinski definition) is 1. The van der Waals surface area contributed by atoms with E-state index in [4.69, 9.17) is 5.11 Å². The minimum absolute atomic E-state index is 0.0700. The maximum atomic E-state index is 12.8. The predicted octanol–water partition coefficient (Wildman–Crippen LogP) is 2.30. The second kappa shape index (κ2) is 3.40. The van der Waals surface area contributed by atoms with Crippen LogP contribution in [-0.2, 0) is 4.79 Å². The minimum atomic E-state index is -0.741. The number of carboxylic acids is 1. The molecule has 74 valence electrons. The van der Waals surface area contributed by atoms with Gasteiger partial charge in [0.25, 0.3) is 0 Å². The second-order valence-corrected chi connectivity index (χ2v) is 3.72. The molecule has 0 heterocycles. The molecule has 0 aromatic rings. The molecule has 0 radical (unpaired) electrons. The Morgan fingerprint density at radius 1 is 1.50 bits per heavy atom. The number of aliphatic carboxylic acids is 1. The topological polar surface area (TPSA) is 37.3 Å². The standard InChI is InChI=1S/C11H11FO2/c12-8-3-1-2-7(4-5-8)9-6-10(9)11(13)14/h1-5,7,9-10H,6H2,(H,13,14). The van der Waals surface area contributed by atoms with Crippen LogP contribution in [0.3, 0.4) is 0 Å². The van der Waals surface area contributed by atoms with Crippen LogP contribution in [0.5, 0.6) is 0 Å². The number of hydrogen-bond acceptors (Lipinski definition) is 1. The zero-order valence-electron chi connectivity index (χ0n) is 7.56. The van der Waals surface area contributed by atoms with Crippen molar-refractivity contribution >= 4 is 5.97 Å². The summed E-state index contributed by atoms with van der Waals surface area (Å²) in [5, 5.41) is 8.74. The largest absolute Gasteiger partial charge is 0.481 e. The van der Waals surface area contributed by atoms with Crippen molar-refractivity contribution in [2.24, 2.45) is 17.8 Å². The lowest BCUT2D eigenvalue weighted by Crippen LogP contribution is -2.04. The first-order chi connectivity index (χ1) is 6.68. The van der Waals surface area contributed by atoms with Gasteiger partial charge in [0.1, 0.15) is 5.83 Å². The molecule has 14 heavy (non-hydrogen) atoms. The highest BCUT2D eigenvalue weighted by Crippen LogP contribution is 2.46. The fourth-order valence-electron chi connectivity index (χ4n) is 1.81. The molecule has 1 fully saturated rings. The van der Waals surface area contributed by atoms with Gasteiger partial charge in [0.2, 0.25) is 0 Å². The van der Waals surface area contributed by atoms with Crippen LogP contribution in [0, 0.1) is 17.8 Å². The van der Waals surface area contributed by atoms with Crippen LogP contribution in [0.25, 0.3) is 0 Å². The Hall–Kier alpha value is -1.38. The van der Waals surface area contributed by atoms with Crippen molar-refractivity contribution in [3.05, 3.63) is 36.2 Å². The zero-order valence-corrected chi connectivity index (χ0v) is 7.56. The summed E-state index contributed by atoms with van der Waals surface area (Å²) in [6, 6.07) is 0. The van der Waals surface area contributed by atoms with E-state index in [0.717, 1.165) is 0 Å². The van der Waals surface area contributed by atoms with E-state index in [-0.39, 0.29) is 23.6 Å². The average molecular weight is 194 g/mol. The number of rotatable bonds is 2. The highest BCUT2D eigenvalue weighted by Gasteiger charge is 2.46. The fourth-order valence-corrected chi connectivity index (χ4v) is 1.81. The summed E-state index contributed by atoms with van der Waals surface area (Å²) in [7, 11) is 0. The molecule has 0 aliphatic heterocycles. The van der Waals surface area contributed by atoms with Gasteiger partial charge in [-0.05, 0) is 30.4 Å². The van der Waals surface area contributed by atoms with Crippen LogP contribution in [0.2, 0.25) is 0 Å². The lowest BCUT2D eigenvalue weighted by atomic mass is 10.0. The van der Waals surface area contributed by atoms with Crippen LogP contribution in [0.1, 0.15) is 6.42 Å². The first-order valence-electron chi connectivity index (χ1n) is 4.63. The molecular formula is C11H11FO2. The smallest absolute Gasteiger partial charge is 0.306 e. The Morgan fingerprint density at radius 3 is 2.93 bits per heavy atom. The van der Waals surface area contributed by atoms with E-state index in [2.05, 4.69) is 0 Å². The Bertz CT molecular complexity index is 341. The minimum Gasteiger partial charge on any atom is -0.481 e. The summed E-state index contributed by atoms with van der Waals surface area (Å²) in [4.78, 5) is 10.6. The number of carboxylic acid groups (broad SMARTS) is 1. The van der Waals surface area contributed by atoms with Crippen molar-refractivity contribution in [3.8, 4) is 0 Å². The number of allylic oxidation sites excluding steroid dienone is 6. The molecular weight excluding hydrogens is 183 g/mol. The SMILES string of the molecule is O=C(O)C1CC1C1C=CC=C(F)C=C1. The molecule has 1 N–H and O–H groups in total. The van der Waals surface area contributed by atoms with Gasteiger partial charge in [-0.3, -0.25) is 4.79 Å². The van der Waals surface area contributed by atoms with Gasteiger partial charge in [-0.2, -0.15) is 0 Å². The molecule has 0 saturated heterocycles. The average Bonchev–Trinajstić information content (AvgIpc) is 2.87. The second-order valence-electron chi connectivity index (χ2n) is 3.72. The molecule has 2 aliphatic rings. The van der Waals surface area contributed by atoms with Gasteiger partial charge in [-0.1, -0.05) is 18.2 Å². The van der Waals surface area contributed by atoms with Gasteiger partial charge in [-0.15, -0.1) is 0 Å². The van der Waals surface area contributed by atoms with E-state index in [1.807, 2.05) is 6.08 Å². The highest BCUT2D eigenvalue weighted by atomic mass is 19.1. The van der Waals surface area contributed by atoms with Crippen LogP contribution >= 0.6 is 0 Å². The molecule has 1 saturated carbocycles. The zero-order chi connectivity index (χ0) is 10.1. The van der Waals surface area contributed by atoms with Gasteiger partial charge in [0.05, 0.1) is 5.92 Å². The van der Waals surface area contributed by atoms with Crippen molar-refractivity contribution in [1.82, 2.24) is 0 Å². The van der Waals surface area contributed by atoms with Crippen molar-refractivity contribution in [2.75, 3.05) is 0 Å². The van der Waals surface area contributed by atoms with E-state index in [1.54, 1.807) is 12.2 Å². The van der Waals surface area contributed by atoms with Crippen molar-refractivity contribution in [3.63, 3.8) is 0 Å². The maximum Gasteiger partial charge on any atom is 0.306 e. The summed E-state index contributed by atoms with van der Waals surface area (Å²) in [5.74, 6) is -1.04. The third-order valence-electron chi connectivity index (χ3n) is 2.72. The monoisotopic (exact) mass is 194 g/mol. The van der Waals surface area contributed by atoms with Gasteiger partial charge < -0.3 is 5.11 Å². The lowest BCUT2D eigenvalue weighted by Gasteiger charge is -2.03. The van der Waals surface area contributed by atoms with Crippen molar-refractivity contribution in [2.45, 2.75) is 6.42 Å². The van der Waals surface area contributed by atoms with E-state index in [1.165, 1.54) is 12.2 Å². The van der Waals surface area contributed by atoms with Gasteiger partial charge in [0.15, 0.2) is 0 Å². The van der Waals surface area contributed by atoms with E-state index in [0.29, 0.717) is 6.42 Å². The summed E-state index contributed by atoms with van der Waals surface area (Å²) in [6.07, 6.45) is 8.74. The maximum absolute atomic E-state index is 12.8. The van der Waals surface area contributed by atoms with Crippen LogP contribution in [0.4, 0.5) is 4.39 Å². The van der Waals surface area contributed by atoms with Gasteiger partial charge in [-0.25, -0.2) is 4.39 Å². The van der Waals surface area contributed by atoms with E-state index < -0.39 is 5.97 Å². The molecule has 3 atom stereocenters. The molecule has 0 aromatic carbocycles. The number of carbonyl (C=O) groups is 1. The quantitative estimate of drug-likeness (QED) is 0.732. The first kappa shape index (κ1) is 9.19. The van der Waals surface area contributed by atoms with E-state index in [9.17, 15) is 9.18 Å². The lowest BCUT2D eigenvalue weighted by molar-refractivity contribution is -0.138. The molecule has 2 aliphatic carbocycles. The molecule has 0 amide bonds. The van der Waals surface area contributed by atoms with Crippen LogP contribution in [-0.4, -0.2) is 11.1 Å². The van der Waals surface area contributed by atoms with Crippen molar-refractivity contribution in [1.29, 1.82) is 0 Å². The molecule has 0 aromatic heterocycles. The van der Waals surface area contributed by atoms with Crippen LogP contribution in [0.15, 0.2) is 36.2 Å². The Labute approximate surface area is 81.4 Å². The summed E-state index contributed by atoms with van der Waals surface area (Å²) >= 11 is 0. The molecule has 3 unspecified atom stereocenters. The van der Waals surface area contributed by atoms with Crippen molar-refractivity contribution < 1.29 is 14.3 Å². The molecule has 0 bridgehead atoms. The van der Waals surface area contributed by atoms with E-state index >= 15 is 0 Å². The third kappa shape index (κ3) is 1.76. The van der Waals surface area contributed by atoms with Gasteiger partial charge in [0, 0.05) is 0 Å². The Kier molecular flexibility index (Phi) is 2.23. The summed E-state index contributed by atoms with van der Waals surface area (Å²) < 4.78 is 12.8. The van der Waals surface area contributed by atoms with Crippen LogP contribution < -0.4 is 0 Å². The number of halogens is 1. The Morgan fingerprint density at radius 2 is 2.29 bits per heavy atom. The molecule has 3 heteroatoms. The summed E-state index contributed by atoms with van der Waals surface area (Å²) in [6.45, 7) is 0. The highest BCUT2D eigenvalue weighted by molar-refractivity contribution is 5.73. The third-order valence-corrected chi connectivity index (χ3v) is 2.72.